The van der Waals surface area contributed by atoms with Crippen LogP contribution in [0.4, 0.5) is 23.7 Å². The summed E-state index contributed by atoms with van der Waals surface area (Å²) in [7, 11) is 0. The number of anilines is 1. The van der Waals surface area contributed by atoms with Gasteiger partial charge in [-0.1, -0.05) is 0 Å². The predicted octanol–water partition coefficient (Wildman–Crippen LogP) is 2.64. The third-order valence-electron chi connectivity index (χ3n) is 5.71. The molecule has 6 N–H and O–H groups in total. The number of carboxylic acids is 1. The number of aliphatic hydroxyl groups is 1. The quantitative estimate of drug-likeness (QED) is 0.200. The minimum Gasteiger partial charge on any atom is -0.478 e. The van der Waals surface area contributed by atoms with E-state index in [1.807, 2.05) is 0 Å². The fourth-order valence-electron chi connectivity index (χ4n) is 3.99. The topological polar surface area (TPSA) is 169 Å². The zero-order valence-corrected chi connectivity index (χ0v) is 19.3. The van der Waals surface area contributed by atoms with E-state index in [4.69, 9.17) is 5.11 Å². The molecule has 4 rings (SSSR count). The van der Waals surface area contributed by atoms with Crippen molar-refractivity contribution in [1.82, 2.24) is 19.9 Å². The van der Waals surface area contributed by atoms with Crippen molar-refractivity contribution in [2.24, 2.45) is 0 Å². The molecule has 0 saturated carbocycles. The first kappa shape index (κ1) is 26.2. The maximum absolute atomic E-state index is 14.2. The van der Waals surface area contributed by atoms with Crippen molar-refractivity contribution in [2.75, 3.05) is 11.9 Å². The van der Waals surface area contributed by atoms with Crippen LogP contribution in [-0.4, -0.2) is 43.4 Å². The number of carbonyl (C=O) groups is 2. The van der Waals surface area contributed by atoms with Crippen molar-refractivity contribution < 1.29 is 33.0 Å². The van der Waals surface area contributed by atoms with Crippen molar-refractivity contribution in [3.63, 3.8) is 0 Å². The van der Waals surface area contributed by atoms with Gasteiger partial charge in [-0.25, -0.2) is 9.59 Å². The number of alkyl halides is 3. The summed E-state index contributed by atoms with van der Waals surface area (Å²) in [6.45, 7) is -0.906. The Morgan fingerprint density at radius 2 is 1.79 bits per heavy atom. The van der Waals surface area contributed by atoms with Gasteiger partial charge >= 0.3 is 29.3 Å². The Hall–Kier alpha value is -4.85. The molecule has 11 nitrogen and oxygen atoms in total. The molecule has 0 bridgehead atoms. The summed E-state index contributed by atoms with van der Waals surface area (Å²) in [5, 5.41) is 23.3. The molecular weight excluding hydrogens is 511 g/mol. The number of H-pyrrole nitrogens is 2. The van der Waals surface area contributed by atoms with Crippen LogP contribution in [0, 0.1) is 0 Å². The van der Waals surface area contributed by atoms with Gasteiger partial charge in [0.25, 0.3) is 0 Å². The second-order valence-electron chi connectivity index (χ2n) is 8.15. The fraction of sp³-hybridized carbons (Fsp3) is 0.167. The lowest BCUT2D eigenvalue weighted by Crippen LogP contribution is -2.38. The number of aromatic carboxylic acids is 1. The van der Waals surface area contributed by atoms with Gasteiger partial charge in [0.15, 0.2) is 0 Å². The van der Waals surface area contributed by atoms with Crippen LogP contribution in [0.25, 0.3) is 11.0 Å². The maximum atomic E-state index is 14.2. The fourth-order valence-corrected chi connectivity index (χ4v) is 3.99. The van der Waals surface area contributed by atoms with E-state index < -0.39 is 53.1 Å². The predicted molar refractivity (Wildman–Crippen MR) is 129 cm³/mol. The van der Waals surface area contributed by atoms with Crippen molar-refractivity contribution >= 4 is 28.7 Å². The van der Waals surface area contributed by atoms with E-state index in [-0.39, 0.29) is 34.4 Å². The third kappa shape index (κ3) is 5.29. The molecule has 2 heterocycles. The van der Waals surface area contributed by atoms with Gasteiger partial charge in [0.05, 0.1) is 34.8 Å². The summed E-state index contributed by atoms with van der Waals surface area (Å²) in [6.07, 6.45) is -2.09. The Kier molecular flexibility index (Phi) is 7.08. The summed E-state index contributed by atoms with van der Waals surface area (Å²) in [6, 6.07) is 5.98. The van der Waals surface area contributed by atoms with Crippen LogP contribution in [0.2, 0.25) is 0 Å². The van der Waals surface area contributed by atoms with Gasteiger partial charge in [-0.3, -0.25) is 14.2 Å². The molecule has 0 aliphatic carbocycles. The van der Waals surface area contributed by atoms with Gasteiger partial charge in [-0.2, -0.15) is 13.2 Å². The second kappa shape index (κ2) is 10.3. The number of aliphatic hydroxyl groups excluding tert-OH is 1. The minimum absolute atomic E-state index is 0.0286. The molecule has 2 aromatic heterocycles. The number of amides is 2. The SMILES string of the molecule is O=C(Nc1ccc(C(=O)O)cc1)NC(c1cc[nH]c1)c1cc2c(cc1C(F)(F)F)[nH]c(=O)c(=O)n2CCO. The van der Waals surface area contributed by atoms with Crippen molar-refractivity contribution in [3.05, 3.63) is 97.8 Å². The Labute approximate surface area is 210 Å². The molecule has 4 aromatic rings. The highest BCUT2D eigenvalue weighted by molar-refractivity contribution is 5.92. The number of halogens is 3. The minimum atomic E-state index is -4.92. The van der Waals surface area contributed by atoms with Crippen molar-refractivity contribution in [1.29, 1.82) is 0 Å². The molecule has 38 heavy (non-hydrogen) atoms. The molecule has 0 radical (unpaired) electrons. The highest BCUT2D eigenvalue weighted by atomic mass is 19.4. The van der Waals surface area contributed by atoms with E-state index >= 15 is 0 Å². The van der Waals surface area contributed by atoms with Gasteiger partial charge < -0.3 is 30.8 Å². The number of nitrogens with one attached hydrogen (secondary N) is 4. The first-order chi connectivity index (χ1) is 18.0. The lowest BCUT2D eigenvalue weighted by Gasteiger charge is -2.24. The number of nitrogens with zero attached hydrogens (tertiary/aromatic N) is 1. The Morgan fingerprint density at radius 1 is 1.08 bits per heavy atom. The standard InChI is InChI=1S/C24H20F3N5O6/c25-24(26,27)16-10-17-18(32(7-8-33)21(35)20(34)30-17)9-15(16)19(13-5-6-28-11-13)31-23(38)29-14-3-1-12(2-4-14)22(36)37/h1-6,9-11,19,28,33H,7-8H2,(H,30,34)(H,36,37)(H2,29,31,38). The smallest absolute Gasteiger partial charge is 0.416 e. The van der Waals surface area contributed by atoms with Gasteiger partial charge in [0.1, 0.15) is 0 Å². The number of carbonyl (C=O) groups excluding carboxylic acids is 1. The highest BCUT2D eigenvalue weighted by Crippen LogP contribution is 2.38. The molecule has 198 valence electrons. The van der Waals surface area contributed by atoms with Crippen LogP contribution < -0.4 is 21.8 Å². The van der Waals surface area contributed by atoms with Crippen LogP contribution in [0.1, 0.15) is 33.1 Å². The number of carboxylic acid groups (broad SMARTS) is 1. The van der Waals surface area contributed by atoms with Crippen LogP contribution in [0.5, 0.6) is 0 Å². The van der Waals surface area contributed by atoms with Crippen LogP contribution in [-0.2, 0) is 12.7 Å². The van der Waals surface area contributed by atoms with E-state index in [0.29, 0.717) is 6.07 Å². The summed E-state index contributed by atoms with van der Waals surface area (Å²) in [4.78, 5) is 53.1. The molecule has 2 aromatic carbocycles. The van der Waals surface area contributed by atoms with Crippen LogP contribution in [0.15, 0.2) is 64.4 Å². The van der Waals surface area contributed by atoms with Gasteiger partial charge in [0.2, 0.25) is 0 Å². The summed E-state index contributed by atoms with van der Waals surface area (Å²) >= 11 is 0. The molecule has 1 atom stereocenters. The Balaban J connectivity index is 1.83. The van der Waals surface area contributed by atoms with E-state index in [1.54, 1.807) is 0 Å². The van der Waals surface area contributed by atoms with Crippen LogP contribution >= 0.6 is 0 Å². The van der Waals surface area contributed by atoms with Crippen LogP contribution in [0.3, 0.4) is 0 Å². The van der Waals surface area contributed by atoms with Gasteiger partial charge in [-0.05, 0) is 53.6 Å². The zero-order valence-electron chi connectivity index (χ0n) is 19.3. The van der Waals surface area contributed by atoms with E-state index in [1.165, 1.54) is 42.7 Å². The summed E-state index contributed by atoms with van der Waals surface area (Å²) in [5.41, 5.74) is -3.79. The van der Waals surface area contributed by atoms with Crippen molar-refractivity contribution in [3.8, 4) is 0 Å². The lowest BCUT2D eigenvalue weighted by molar-refractivity contribution is -0.138. The first-order valence-electron chi connectivity index (χ1n) is 11.0. The number of aromatic nitrogens is 3. The average molecular weight is 531 g/mol. The maximum Gasteiger partial charge on any atom is 0.416 e. The number of aromatic amines is 2. The zero-order chi connectivity index (χ0) is 27.6. The molecule has 14 heteroatoms. The number of hydrogen-bond acceptors (Lipinski definition) is 5. The monoisotopic (exact) mass is 531 g/mol. The first-order valence-corrected chi connectivity index (χ1v) is 11.0. The van der Waals surface area contributed by atoms with E-state index in [0.717, 1.165) is 10.6 Å². The number of urea groups is 1. The molecule has 1 unspecified atom stereocenters. The number of benzene rings is 2. The molecular formula is C24H20F3N5O6. The summed E-state index contributed by atoms with van der Waals surface area (Å²) in [5.74, 6) is -1.18. The number of fused-ring (bicyclic) bond motifs is 1. The molecule has 2 amide bonds. The molecule has 0 aliphatic rings. The lowest BCUT2D eigenvalue weighted by atomic mass is 9.94. The Morgan fingerprint density at radius 3 is 2.37 bits per heavy atom. The second-order valence-corrected chi connectivity index (χ2v) is 8.15. The molecule has 0 saturated heterocycles. The molecule has 0 spiro atoms. The van der Waals surface area contributed by atoms with Crippen molar-refractivity contribution in [2.45, 2.75) is 18.8 Å². The average Bonchev–Trinajstić information content (AvgIpc) is 3.39. The molecule has 0 fully saturated rings. The largest absolute Gasteiger partial charge is 0.478 e. The normalized spacial score (nSPS) is 12.3. The van der Waals surface area contributed by atoms with Gasteiger partial charge in [-0.15, -0.1) is 0 Å². The number of rotatable bonds is 7. The van der Waals surface area contributed by atoms with E-state index in [2.05, 4.69) is 20.6 Å². The van der Waals surface area contributed by atoms with E-state index in [9.17, 15) is 37.5 Å². The highest BCUT2D eigenvalue weighted by Gasteiger charge is 2.37. The summed E-state index contributed by atoms with van der Waals surface area (Å²) < 4.78 is 43.5. The van der Waals surface area contributed by atoms with Gasteiger partial charge in [0, 0.05) is 24.6 Å². The molecule has 0 aliphatic heterocycles. The number of hydrogen-bond donors (Lipinski definition) is 6. The third-order valence-corrected chi connectivity index (χ3v) is 5.71. The Bertz CT molecular complexity index is 1610.